The van der Waals surface area contributed by atoms with E-state index in [1.54, 1.807) is 12.1 Å². The average Bonchev–Trinajstić information content (AvgIpc) is 2.50. The van der Waals surface area contributed by atoms with Crippen LogP contribution in [0.25, 0.3) is 0 Å². The minimum absolute atomic E-state index is 0.171. The molecule has 0 saturated heterocycles. The predicted molar refractivity (Wildman–Crippen MR) is 74.8 cm³/mol. The van der Waals surface area contributed by atoms with Crippen molar-refractivity contribution in [1.29, 1.82) is 0 Å². The van der Waals surface area contributed by atoms with Crippen molar-refractivity contribution in [3.05, 3.63) is 60.2 Å². The number of esters is 1. The van der Waals surface area contributed by atoms with Gasteiger partial charge >= 0.3 is 5.97 Å². The number of ether oxygens (including phenoxy) is 2. The normalized spacial score (nSPS) is 11.7. The van der Waals surface area contributed by atoms with E-state index in [1.807, 2.05) is 30.3 Å². The third-order valence-corrected chi connectivity index (χ3v) is 2.94. The maximum Gasteiger partial charge on any atom is 0.316 e. The molecular weight excluding hydrogens is 256 g/mol. The number of hydrogen-bond donors (Lipinski definition) is 1. The van der Waals surface area contributed by atoms with Crippen molar-refractivity contribution < 1.29 is 19.4 Å². The van der Waals surface area contributed by atoms with E-state index >= 15 is 0 Å². The van der Waals surface area contributed by atoms with E-state index in [9.17, 15) is 9.90 Å². The summed E-state index contributed by atoms with van der Waals surface area (Å²) in [5, 5.41) is 9.21. The van der Waals surface area contributed by atoms with Crippen LogP contribution in [0.2, 0.25) is 0 Å². The van der Waals surface area contributed by atoms with Gasteiger partial charge in [0.25, 0.3) is 0 Å². The fourth-order valence-electron chi connectivity index (χ4n) is 1.85. The maximum absolute atomic E-state index is 11.8. The summed E-state index contributed by atoms with van der Waals surface area (Å²) in [7, 11) is 1.36. The Morgan fingerprint density at radius 3 is 2.35 bits per heavy atom. The topological polar surface area (TPSA) is 55.8 Å². The summed E-state index contributed by atoms with van der Waals surface area (Å²) in [5.41, 5.74) is 0.845. The largest absolute Gasteiger partial charge is 0.508 e. The highest BCUT2D eigenvalue weighted by atomic mass is 16.5. The molecule has 1 atom stereocenters. The molecule has 4 nitrogen and oxygen atoms in total. The molecule has 0 spiro atoms. The summed E-state index contributed by atoms with van der Waals surface area (Å²) < 4.78 is 10.4. The lowest BCUT2D eigenvalue weighted by Gasteiger charge is -2.16. The minimum atomic E-state index is -0.477. The number of phenolic OH excluding ortho intramolecular Hbond substituents is 1. The van der Waals surface area contributed by atoms with Crippen molar-refractivity contribution in [1.82, 2.24) is 0 Å². The van der Waals surface area contributed by atoms with Crippen LogP contribution in [-0.2, 0) is 9.53 Å². The van der Waals surface area contributed by atoms with Crippen LogP contribution in [0.15, 0.2) is 54.6 Å². The summed E-state index contributed by atoms with van der Waals surface area (Å²) in [6.45, 7) is 0.182. The standard InChI is InChI=1S/C16H16O4/c1-19-16(18)15(12-5-3-2-4-6-12)11-20-14-9-7-13(17)8-10-14/h2-10,15,17H,11H2,1H3. The fourth-order valence-corrected chi connectivity index (χ4v) is 1.85. The summed E-state index contributed by atoms with van der Waals surface area (Å²) in [6.07, 6.45) is 0. The Bertz CT molecular complexity index is 548. The SMILES string of the molecule is COC(=O)C(COc1ccc(O)cc1)c1ccccc1. The molecule has 2 aromatic carbocycles. The van der Waals surface area contributed by atoms with Crippen LogP contribution in [0.3, 0.4) is 0 Å². The Morgan fingerprint density at radius 1 is 1.10 bits per heavy atom. The second kappa shape index (κ2) is 6.61. The van der Waals surface area contributed by atoms with E-state index in [0.29, 0.717) is 5.75 Å². The van der Waals surface area contributed by atoms with Crippen molar-refractivity contribution in [3.63, 3.8) is 0 Å². The highest BCUT2D eigenvalue weighted by Gasteiger charge is 2.22. The third kappa shape index (κ3) is 3.51. The molecule has 2 rings (SSSR count). The van der Waals surface area contributed by atoms with E-state index < -0.39 is 5.92 Å². The summed E-state index contributed by atoms with van der Waals surface area (Å²) in [4.78, 5) is 11.8. The summed E-state index contributed by atoms with van der Waals surface area (Å²) >= 11 is 0. The minimum Gasteiger partial charge on any atom is -0.508 e. The lowest BCUT2D eigenvalue weighted by atomic mass is 10.0. The molecule has 0 aliphatic heterocycles. The van der Waals surface area contributed by atoms with Crippen LogP contribution < -0.4 is 4.74 Å². The first-order valence-corrected chi connectivity index (χ1v) is 6.25. The summed E-state index contributed by atoms with van der Waals surface area (Å²) in [5.74, 6) is -0.0532. The highest BCUT2D eigenvalue weighted by Crippen LogP contribution is 2.21. The quantitative estimate of drug-likeness (QED) is 0.850. The lowest BCUT2D eigenvalue weighted by Crippen LogP contribution is -2.21. The number of methoxy groups -OCH3 is 1. The van der Waals surface area contributed by atoms with E-state index in [1.165, 1.54) is 19.2 Å². The molecule has 0 radical (unpaired) electrons. The van der Waals surface area contributed by atoms with Crippen molar-refractivity contribution in [2.24, 2.45) is 0 Å². The molecular formula is C16H16O4. The van der Waals surface area contributed by atoms with Crippen LogP contribution in [0.1, 0.15) is 11.5 Å². The number of phenols is 1. The van der Waals surface area contributed by atoms with Gasteiger partial charge in [0.05, 0.1) is 7.11 Å². The predicted octanol–water partition coefficient (Wildman–Crippen LogP) is 2.73. The van der Waals surface area contributed by atoms with Gasteiger partial charge in [0.2, 0.25) is 0 Å². The third-order valence-electron chi connectivity index (χ3n) is 2.94. The van der Waals surface area contributed by atoms with Gasteiger partial charge in [-0.15, -0.1) is 0 Å². The number of benzene rings is 2. The lowest BCUT2D eigenvalue weighted by molar-refractivity contribution is -0.143. The number of rotatable bonds is 5. The first kappa shape index (κ1) is 13.9. The molecule has 104 valence electrons. The smallest absolute Gasteiger partial charge is 0.316 e. The molecule has 0 fully saturated rings. The van der Waals surface area contributed by atoms with Crippen LogP contribution in [0, 0.1) is 0 Å². The Morgan fingerprint density at radius 2 is 1.75 bits per heavy atom. The van der Waals surface area contributed by atoms with Gasteiger partial charge in [-0.1, -0.05) is 30.3 Å². The molecule has 0 aliphatic carbocycles. The Balaban J connectivity index is 2.09. The van der Waals surface area contributed by atoms with Gasteiger partial charge < -0.3 is 14.6 Å². The molecule has 0 amide bonds. The average molecular weight is 272 g/mol. The number of carbonyl (C=O) groups is 1. The van der Waals surface area contributed by atoms with Gasteiger partial charge in [-0.05, 0) is 29.8 Å². The van der Waals surface area contributed by atoms with Crippen molar-refractivity contribution in [2.45, 2.75) is 5.92 Å². The monoisotopic (exact) mass is 272 g/mol. The van der Waals surface area contributed by atoms with Gasteiger partial charge in [-0.3, -0.25) is 4.79 Å². The van der Waals surface area contributed by atoms with Gasteiger partial charge in [0, 0.05) is 0 Å². The Hall–Kier alpha value is -2.49. The Kier molecular flexibility index (Phi) is 4.60. The van der Waals surface area contributed by atoms with Crippen molar-refractivity contribution in [2.75, 3.05) is 13.7 Å². The molecule has 20 heavy (non-hydrogen) atoms. The molecule has 1 unspecified atom stereocenters. The van der Waals surface area contributed by atoms with E-state index in [-0.39, 0.29) is 18.3 Å². The van der Waals surface area contributed by atoms with E-state index in [4.69, 9.17) is 9.47 Å². The number of hydrogen-bond acceptors (Lipinski definition) is 4. The molecule has 2 aromatic rings. The highest BCUT2D eigenvalue weighted by molar-refractivity contribution is 5.78. The fraction of sp³-hybridized carbons (Fsp3) is 0.188. The maximum atomic E-state index is 11.8. The molecule has 0 aliphatic rings. The zero-order valence-corrected chi connectivity index (χ0v) is 11.2. The molecule has 4 heteroatoms. The van der Waals surface area contributed by atoms with E-state index in [0.717, 1.165) is 5.56 Å². The van der Waals surface area contributed by atoms with Gasteiger partial charge in [0.1, 0.15) is 24.0 Å². The van der Waals surface area contributed by atoms with Crippen LogP contribution in [0.5, 0.6) is 11.5 Å². The van der Waals surface area contributed by atoms with Crippen LogP contribution >= 0.6 is 0 Å². The zero-order chi connectivity index (χ0) is 14.4. The van der Waals surface area contributed by atoms with Crippen molar-refractivity contribution >= 4 is 5.97 Å². The van der Waals surface area contributed by atoms with Crippen molar-refractivity contribution in [3.8, 4) is 11.5 Å². The molecule has 0 saturated carbocycles. The van der Waals surface area contributed by atoms with Gasteiger partial charge in [-0.25, -0.2) is 0 Å². The second-order valence-corrected chi connectivity index (χ2v) is 4.29. The second-order valence-electron chi connectivity index (χ2n) is 4.29. The number of aromatic hydroxyl groups is 1. The Labute approximate surface area is 117 Å². The van der Waals surface area contributed by atoms with Gasteiger partial charge in [-0.2, -0.15) is 0 Å². The molecule has 1 N–H and O–H groups in total. The van der Waals surface area contributed by atoms with E-state index in [2.05, 4.69) is 0 Å². The van der Waals surface area contributed by atoms with Crippen LogP contribution in [-0.4, -0.2) is 24.8 Å². The molecule has 0 bridgehead atoms. The first-order valence-electron chi connectivity index (χ1n) is 6.25. The van der Waals surface area contributed by atoms with Crippen LogP contribution in [0.4, 0.5) is 0 Å². The first-order chi connectivity index (χ1) is 9.70. The zero-order valence-electron chi connectivity index (χ0n) is 11.2. The molecule has 0 aromatic heterocycles. The molecule has 0 heterocycles. The number of carbonyl (C=O) groups excluding carboxylic acids is 1. The van der Waals surface area contributed by atoms with Gasteiger partial charge in [0.15, 0.2) is 0 Å². The summed E-state index contributed by atoms with van der Waals surface area (Å²) in [6, 6.07) is 15.7.